The van der Waals surface area contributed by atoms with E-state index in [4.69, 9.17) is 0 Å². The summed E-state index contributed by atoms with van der Waals surface area (Å²) in [6, 6.07) is 0. The molecule has 1 rings (SSSR count). The normalized spacial score (nSPS) is 19.2. The van der Waals surface area contributed by atoms with E-state index in [1.807, 2.05) is 6.21 Å². The fourth-order valence-corrected chi connectivity index (χ4v) is 3.21. The molecule has 1 aliphatic heterocycles. The molecule has 0 aromatic rings. The summed E-state index contributed by atoms with van der Waals surface area (Å²) in [6.07, 6.45) is 15.5. The van der Waals surface area contributed by atoms with Crippen LogP contribution in [0, 0.1) is 0 Å². The van der Waals surface area contributed by atoms with Crippen molar-refractivity contribution in [3.8, 4) is 0 Å². The highest BCUT2D eigenvalue weighted by Crippen LogP contribution is 2.13. The Bertz CT molecular complexity index is 344. The van der Waals surface area contributed by atoms with Crippen molar-refractivity contribution in [2.45, 2.75) is 104 Å². The van der Waals surface area contributed by atoms with Crippen molar-refractivity contribution in [3.63, 3.8) is 0 Å². The third-order valence-corrected chi connectivity index (χ3v) is 4.69. The first-order valence-corrected chi connectivity index (χ1v) is 9.75. The molecule has 0 fully saturated rings. The van der Waals surface area contributed by atoms with Gasteiger partial charge in [-0.2, -0.15) is 0 Å². The zero-order valence-corrected chi connectivity index (χ0v) is 15.5. The molecule has 0 radical (unpaired) electrons. The lowest BCUT2D eigenvalue weighted by atomic mass is 10.1. The molecule has 134 valence electrons. The number of carbonyl (C=O) groups excluding carboxylic acids is 1. The van der Waals surface area contributed by atoms with Crippen molar-refractivity contribution >= 4 is 12.1 Å². The molecule has 1 N–H and O–H groups in total. The van der Waals surface area contributed by atoms with Crippen LogP contribution in [0.5, 0.6) is 0 Å². The van der Waals surface area contributed by atoms with Crippen molar-refractivity contribution in [2.24, 2.45) is 4.99 Å². The third-order valence-electron chi connectivity index (χ3n) is 4.69. The third kappa shape index (κ3) is 8.50. The van der Waals surface area contributed by atoms with Crippen molar-refractivity contribution in [2.75, 3.05) is 6.54 Å². The predicted octanol–water partition coefficient (Wildman–Crippen LogP) is 4.49. The molecule has 1 amide bonds. The summed E-state index contributed by atoms with van der Waals surface area (Å²) in [5.41, 5.74) is 0. The first-order chi connectivity index (χ1) is 11.2. The number of unbranched alkanes of at least 4 members (excludes halogenated alkanes) is 8. The zero-order chi connectivity index (χ0) is 16.9. The number of carbonyl (C=O) groups is 1. The second-order valence-electron chi connectivity index (χ2n) is 6.74. The maximum Gasteiger partial charge on any atom is 0.221 e. The molecule has 0 saturated heterocycles. The molecule has 0 saturated carbocycles. The van der Waals surface area contributed by atoms with E-state index in [1.54, 1.807) is 0 Å². The molecule has 23 heavy (non-hydrogen) atoms. The number of rotatable bonds is 13. The molecular weight excluding hydrogens is 286 g/mol. The Balaban J connectivity index is 2.00. The van der Waals surface area contributed by atoms with Gasteiger partial charge in [0.05, 0.1) is 6.17 Å². The van der Waals surface area contributed by atoms with Crippen LogP contribution in [0.15, 0.2) is 4.99 Å². The van der Waals surface area contributed by atoms with Crippen LogP contribution >= 0.6 is 0 Å². The summed E-state index contributed by atoms with van der Waals surface area (Å²) in [5.74, 6) is 0.183. The van der Waals surface area contributed by atoms with Crippen molar-refractivity contribution in [1.29, 1.82) is 0 Å². The second-order valence-corrected chi connectivity index (χ2v) is 6.74. The topological polar surface area (TPSA) is 44.7 Å². The van der Waals surface area contributed by atoms with E-state index in [9.17, 15) is 4.79 Å². The highest BCUT2D eigenvalue weighted by Gasteiger charge is 2.24. The first-order valence-electron chi connectivity index (χ1n) is 9.75. The van der Waals surface area contributed by atoms with Gasteiger partial charge in [0.15, 0.2) is 0 Å². The number of hydrogen-bond acceptors (Lipinski definition) is 3. The van der Waals surface area contributed by atoms with Gasteiger partial charge in [-0.1, -0.05) is 65.2 Å². The van der Waals surface area contributed by atoms with Gasteiger partial charge < -0.3 is 5.32 Å². The van der Waals surface area contributed by atoms with Gasteiger partial charge in [-0.25, -0.2) is 0 Å². The fourth-order valence-electron chi connectivity index (χ4n) is 3.21. The number of nitrogens with zero attached hydrogens (tertiary/aromatic N) is 2. The van der Waals surface area contributed by atoms with Gasteiger partial charge in [0, 0.05) is 19.2 Å². The molecule has 2 atom stereocenters. The largest absolute Gasteiger partial charge is 0.341 e. The molecule has 1 aliphatic rings. The van der Waals surface area contributed by atoms with Gasteiger partial charge in [-0.15, -0.1) is 0 Å². The van der Waals surface area contributed by atoms with Gasteiger partial charge in [0.25, 0.3) is 0 Å². The van der Waals surface area contributed by atoms with Gasteiger partial charge in [0.2, 0.25) is 5.91 Å². The summed E-state index contributed by atoms with van der Waals surface area (Å²) in [7, 11) is 0. The first kappa shape index (κ1) is 20.1. The van der Waals surface area contributed by atoms with E-state index in [1.165, 1.54) is 51.4 Å². The second kappa shape index (κ2) is 12.5. The van der Waals surface area contributed by atoms with Crippen LogP contribution < -0.4 is 5.32 Å². The summed E-state index contributed by atoms with van der Waals surface area (Å²) in [6.45, 7) is 7.30. The molecule has 0 bridgehead atoms. The van der Waals surface area contributed by atoms with Crippen LogP contribution in [-0.4, -0.2) is 35.9 Å². The predicted molar refractivity (Wildman–Crippen MR) is 98.7 cm³/mol. The standard InChI is InChI=1S/C19H37N3O/c1-4-6-7-8-9-10-11-12-13-14-19(23)21-17(3)22-16-15-20-18(22)5-2/h15,17-18H,4-14,16H2,1-3H3,(H,21,23). The molecule has 4 heteroatoms. The molecule has 1 heterocycles. The number of nitrogens with one attached hydrogen (secondary N) is 1. The van der Waals surface area contributed by atoms with Crippen LogP contribution in [0.25, 0.3) is 0 Å². The zero-order valence-electron chi connectivity index (χ0n) is 15.5. The SMILES string of the molecule is CCCCCCCCCCCC(=O)NC(C)N1CC=NC1CC. The minimum atomic E-state index is 0.0773. The monoisotopic (exact) mass is 323 g/mol. The Morgan fingerprint density at radius 1 is 1.13 bits per heavy atom. The number of aliphatic imine (C=N–C) groups is 1. The lowest BCUT2D eigenvalue weighted by molar-refractivity contribution is -0.123. The van der Waals surface area contributed by atoms with E-state index >= 15 is 0 Å². The van der Waals surface area contributed by atoms with Gasteiger partial charge >= 0.3 is 0 Å². The fraction of sp³-hybridized carbons (Fsp3) is 0.895. The molecular formula is C19H37N3O. The Kier molecular flexibility index (Phi) is 11.0. The highest BCUT2D eigenvalue weighted by atomic mass is 16.1. The maximum atomic E-state index is 12.0. The lowest BCUT2D eigenvalue weighted by Gasteiger charge is -2.29. The van der Waals surface area contributed by atoms with Crippen LogP contribution in [0.4, 0.5) is 0 Å². The van der Waals surface area contributed by atoms with Crippen LogP contribution in [-0.2, 0) is 4.79 Å². The lowest BCUT2D eigenvalue weighted by Crippen LogP contribution is -2.48. The smallest absolute Gasteiger partial charge is 0.221 e. The number of amides is 1. The van der Waals surface area contributed by atoms with E-state index in [2.05, 4.69) is 36.0 Å². The molecule has 2 unspecified atom stereocenters. The van der Waals surface area contributed by atoms with Gasteiger partial charge in [0.1, 0.15) is 6.17 Å². The highest BCUT2D eigenvalue weighted by molar-refractivity contribution is 5.76. The minimum absolute atomic E-state index is 0.0773. The van der Waals surface area contributed by atoms with Gasteiger partial charge in [-0.05, 0) is 19.8 Å². The summed E-state index contributed by atoms with van der Waals surface area (Å²) < 4.78 is 0. The molecule has 0 aromatic carbocycles. The van der Waals surface area contributed by atoms with E-state index < -0.39 is 0 Å². The van der Waals surface area contributed by atoms with Crippen molar-refractivity contribution in [1.82, 2.24) is 10.2 Å². The van der Waals surface area contributed by atoms with Crippen LogP contribution in [0.2, 0.25) is 0 Å². The van der Waals surface area contributed by atoms with Crippen LogP contribution in [0.1, 0.15) is 91.4 Å². The minimum Gasteiger partial charge on any atom is -0.341 e. The Morgan fingerprint density at radius 3 is 2.35 bits per heavy atom. The number of hydrogen-bond donors (Lipinski definition) is 1. The Morgan fingerprint density at radius 2 is 1.74 bits per heavy atom. The van der Waals surface area contributed by atoms with E-state index in [-0.39, 0.29) is 18.2 Å². The van der Waals surface area contributed by atoms with Crippen LogP contribution in [0.3, 0.4) is 0 Å². The molecule has 4 nitrogen and oxygen atoms in total. The van der Waals surface area contributed by atoms with Gasteiger partial charge in [-0.3, -0.25) is 14.7 Å². The summed E-state index contributed by atoms with van der Waals surface area (Å²) in [4.78, 5) is 18.7. The molecule has 0 spiro atoms. The molecule has 0 aliphatic carbocycles. The summed E-state index contributed by atoms with van der Waals surface area (Å²) in [5, 5.41) is 3.12. The molecule has 0 aromatic heterocycles. The Hall–Kier alpha value is -0.900. The average molecular weight is 324 g/mol. The van der Waals surface area contributed by atoms with E-state index in [0.717, 1.165) is 19.4 Å². The van der Waals surface area contributed by atoms with E-state index in [0.29, 0.717) is 6.42 Å². The average Bonchev–Trinajstić information content (AvgIpc) is 3.02. The maximum absolute atomic E-state index is 12.0. The quantitative estimate of drug-likeness (QED) is 0.507. The van der Waals surface area contributed by atoms with Crippen molar-refractivity contribution in [3.05, 3.63) is 0 Å². The summed E-state index contributed by atoms with van der Waals surface area (Å²) >= 11 is 0. The van der Waals surface area contributed by atoms with Crippen molar-refractivity contribution < 1.29 is 4.79 Å². The Labute approximate surface area is 143 Å².